The second-order valence-corrected chi connectivity index (χ2v) is 2.12. The van der Waals surface area contributed by atoms with Crippen molar-refractivity contribution in [2.24, 2.45) is 0 Å². The van der Waals surface area contributed by atoms with Crippen LogP contribution in [0, 0.1) is 0 Å². The monoisotopic (exact) mass is 151 g/mol. The number of aromatic nitrogens is 1. The predicted molar refractivity (Wildman–Crippen MR) is 41.5 cm³/mol. The summed E-state index contributed by atoms with van der Waals surface area (Å²) in [7, 11) is 0. The molecule has 1 aromatic heterocycles. The Morgan fingerprint density at radius 2 is 2.00 bits per heavy atom. The van der Waals surface area contributed by atoms with Crippen LogP contribution in [0.15, 0.2) is 30.6 Å². The Balaban J connectivity index is 2.82. The molecule has 1 heterocycles. The van der Waals surface area contributed by atoms with Crippen LogP contribution in [-0.4, -0.2) is 13.0 Å². The number of amides is 1. The topological polar surface area (TPSA) is 24.2 Å². The first-order valence-corrected chi connectivity index (χ1v) is 3.57. The second-order valence-electron chi connectivity index (χ2n) is 2.12. The fourth-order valence-corrected chi connectivity index (χ4v) is 0.853. The molecule has 0 saturated heterocycles. The van der Waals surface area contributed by atoms with Gasteiger partial charge in [0.2, 0.25) is 0 Å². The molecule has 0 aliphatic heterocycles. The molecular formula is C8H11N2O+. The van der Waals surface area contributed by atoms with E-state index in [2.05, 4.69) is 0 Å². The fraction of sp³-hybridized carbons (Fsp3) is 0.250. The van der Waals surface area contributed by atoms with Gasteiger partial charge in [0.25, 0.3) is 6.41 Å². The molecule has 3 heteroatoms. The molecule has 0 bridgehead atoms. The molecule has 0 aromatic carbocycles. The van der Waals surface area contributed by atoms with Gasteiger partial charge in [-0.05, 0) is 6.92 Å². The Labute approximate surface area is 65.8 Å². The third-order valence-corrected chi connectivity index (χ3v) is 1.44. The molecular weight excluding hydrogens is 140 g/mol. The zero-order valence-corrected chi connectivity index (χ0v) is 6.47. The molecule has 3 nitrogen and oxygen atoms in total. The van der Waals surface area contributed by atoms with Crippen molar-refractivity contribution in [1.82, 2.24) is 0 Å². The minimum absolute atomic E-state index is 0.679. The number of carbonyl (C=O) groups is 1. The van der Waals surface area contributed by atoms with Gasteiger partial charge in [-0.3, -0.25) is 4.79 Å². The maximum Gasteiger partial charge on any atom is 0.265 e. The van der Waals surface area contributed by atoms with Crippen molar-refractivity contribution in [3.63, 3.8) is 0 Å². The highest BCUT2D eigenvalue weighted by Crippen LogP contribution is 1.77. The van der Waals surface area contributed by atoms with Gasteiger partial charge >= 0.3 is 0 Å². The normalized spacial score (nSPS) is 9.18. The predicted octanol–water partition coefficient (Wildman–Crippen LogP) is 0.0884. The maximum atomic E-state index is 10.4. The highest BCUT2D eigenvalue weighted by molar-refractivity contribution is 5.57. The number of carbonyl (C=O) groups excluding carboxylic acids is 1. The molecule has 1 aromatic rings. The minimum atomic E-state index is 0.679. The first-order chi connectivity index (χ1) is 5.38. The molecule has 1 rings (SSSR count). The summed E-state index contributed by atoms with van der Waals surface area (Å²) in [5.74, 6) is 0. The van der Waals surface area contributed by atoms with Crippen LogP contribution in [0.3, 0.4) is 0 Å². The van der Waals surface area contributed by atoms with E-state index in [4.69, 9.17) is 0 Å². The molecule has 0 spiro atoms. The summed E-state index contributed by atoms with van der Waals surface area (Å²) in [5, 5.41) is 1.57. The van der Waals surface area contributed by atoms with E-state index in [0.717, 1.165) is 6.41 Å². The Kier molecular flexibility index (Phi) is 2.60. The molecule has 0 aliphatic carbocycles. The smallest absolute Gasteiger partial charge is 0.265 e. The molecule has 11 heavy (non-hydrogen) atoms. The largest absolute Gasteiger partial charge is 0.273 e. The Bertz CT molecular complexity index is 223. The van der Waals surface area contributed by atoms with E-state index in [1.807, 2.05) is 37.5 Å². The van der Waals surface area contributed by atoms with Gasteiger partial charge in [-0.1, -0.05) is 10.7 Å². The molecule has 0 aliphatic rings. The van der Waals surface area contributed by atoms with Gasteiger partial charge in [0.15, 0.2) is 12.4 Å². The number of hydrogen-bond acceptors (Lipinski definition) is 1. The fourth-order valence-electron chi connectivity index (χ4n) is 0.853. The van der Waals surface area contributed by atoms with Crippen LogP contribution >= 0.6 is 0 Å². The molecule has 0 atom stereocenters. The number of nitrogens with zero attached hydrogens (tertiary/aromatic N) is 2. The van der Waals surface area contributed by atoms with Gasteiger partial charge in [0.1, 0.15) is 0 Å². The molecule has 0 N–H and O–H groups in total. The summed E-state index contributed by atoms with van der Waals surface area (Å²) < 4.78 is 1.74. The van der Waals surface area contributed by atoms with Crippen LogP contribution in [0.25, 0.3) is 0 Å². The summed E-state index contributed by atoms with van der Waals surface area (Å²) in [6, 6.07) is 5.67. The molecule has 0 fully saturated rings. The molecule has 1 amide bonds. The summed E-state index contributed by atoms with van der Waals surface area (Å²) in [6.45, 7) is 2.60. The molecule has 0 radical (unpaired) electrons. The summed E-state index contributed by atoms with van der Waals surface area (Å²) in [6.07, 6.45) is 4.47. The number of hydrogen-bond donors (Lipinski definition) is 0. The van der Waals surface area contributed by atoms with Crippen LogP contribution in [-0.2, 0) is 4.79 Å². The first-order valence-electron chi connectivity index (χ1n) is 3.57. The van der Waals surface area contributed by atoms with Gasteiger partial charge in [-0.15, -0.1) is 5.01 Å². The lowest BCUT2D eigenvalue weighted by molar-refractivity contribution is -0.681. The highest BCUT2D eigenvalue weighted by Gasteiger charge is 2.06. The van der Waals surface area contributed by atoms with Crippen LogP contribution in [0.4, 0.5) is 0 Å². The molecule has 0 unspecified atom stereocenters. The Morgan fingerprint density at radius 1 is 1.36 bits per heavy atom. The minimum Gasteiger partial charge on any atom is -0.273 e. The van der Waals surface area contributed by atoms with Crippen molar-refractivity contribution in [2.75, 3.05) is 11.6 Å². The maximum absolute atomic E-state index is 10.4. The summed E-state index contributed by atoms with van der Waals surface area (Å²) >= 11 is 0. The number of pyridine rings is 1. The third-order valence-electron chi connectivity index (χ3n) is 1.44. The Morgan fingerprint density at radius 3 is 2.45 bits per heavy atom. The SMILES string of the molecule is CCN(C=O)[n+]1ccccc1. The van der Waals surface area contributed by atoms with Crippen LogP contribution in [0.5, 0.6) is 0 Å². The van der Waals surface area contributed by atoms with Gasteiger partial charge in [-0.2, -0.15) is 0 Å². The van der Waals surface area contributed by atoms with E-state index < -0.39 is 0 Å². The van der Waals surface area contributed by atoms with Crippen LogP contribution in [0.2, 0.25) is 0 Å². The van der Waals surface area contributed by atoms with Crippen molar-refractivity contribution in [3.8, 4) is 0 Å². The lowest BCUT2D eigenvalue weighted by Gasteiger charge is -2.05. The first kappa shape index (κ1) is 7.72. The van der Waals surface area contributed by atoms with E-state index in [-0.39, 0.29) is 0 Å². The van der Waals surface area contributed by atoms with Crippen LogP contribution < -0.4 is 9.69 Å². The van der Waals surface area contributed by atoms with Crippen molar-refractivity contribution in [3.05, 3.63) is 30.6 Å². The lowest BCUT2D eigenvalue weighted by Crippen LogP contribution is -2.56. The number of rotatable bonds is 3. The average molecular weight is 151 g/mol. The van der Waals surface area contributed by atoms with E-state index in [0.29, 0.717) is 6.54 Å². The zero-order valence-electron chi connectivity index (χ0n) is 6.47. The average Bonchev–Trinajstić information content (AvgIpc) is 2.09. The second kappa shape index (κ2) is 3.71. The van der Waals surface area contributed by atoms with Gasteiger partial charge in [-0.25, -0.2) is 0 Å². The third kappa shape index (κ3) is 1.77. The standard InChI is InChI=1S/C8H11N2O/c1-2-9(8-11)10-6-4-3-5-7-10/h3-8H,2H2,1H3/q+1. The van der Waals surface area contributed by atoms with Gasteiger partial charge in [0.05, 0.1) is 6.54 Å². The van der Waals surface area contributed by atoms with Gasteiger partial charge in [0, 0.05) is 12.1 Å². The van der Waals surface area contributed by atoms with E-state index in [1.165, 1.54) is 0 Å². The zero-order chi connectivity index (χ0) is 8.10. The van der Waals surface area contributed by atoms with Crippen molar-refractivity contribution >= 4 is 6.41 Å². The Hall–Kier alpha value is -1.38. The van der Waals surface area contributed by atoms with E-state index >= 15 is 0 Å². The molecule has 0 saturated carbocycles. The van der Waals surface area contributed by atoms with E-state index in [9.17, 15) is 4.79 Å². The van der Waals surface area contributed by atoms with Crippen molar-refractivity contribution < 1.29 is 9.47 Å². The highest BCUT2D eigenvalue weighted by atomic mass is 16.1. The van der Waals surface area contributed by atoms with Gasteiger partial charge < -0.3 is 0 Å². The molecule has 58 valence electrons. The summed E-state index contributed by atoms with van der Waals surface area (Å²) in [5.41, 5.74) is 0. The lowest BCUT2D eigenvalue weighted by atomic mass is 10.5. The van der Waals surface area contributed by atoms with Crippen molar-refractivity contribution in [2.45, 2.75) is 6.92 Å². The van der Waals surface area contributed by atoms with Crippen molar-refractivity contribution in [1.29, 1.82) is 0 Å². The quantitative estimate of drug-likeness (QED) is 0.443. The summed E-state index contributed by atoms with van der Waals surface area (Å²) in [4.78, 5) is 10.4. The van der Waals surface area contributed by atoms with Crippen LogP contribution in [0.1, 0.15) is 6.92 Å². The van der Waals surface area contributed by atoms with E-state index in [1.54, 1.807) is 9.69 Å².